The number of amides is 1. The smallest absolute Gasteiger partial charge is 0.257 e. The lowest BCUT2D eigenvalue weighted by Gasteiger charge is -2.32. The number of para-hydroxylation sites is 1. The van der Waals surface area contributed by atoms with Crippen molar-refractivity contribution >= 4 is 11.6 Å². The summed E-state index contributed by atoms with van der Waals surface area (Å²) in [7, 11) is 0. The predicted octanol–water partition coefficient (Wildman–Crippen LogP) is 3.16. The number of benzene rings is 1. The molecule has 0 saturated carbocycles. The highest BCUT2D eigenvalue weighted by molar-refractivity contribution is 5.89. The van der Waals surface area contributed by atoms with Crippen LogP contribution in [0.4, 0.5) is 0 Å². The molecule has 126 valence electrons. The van der Waals surface area contributed by atoms with Gasteiger partial charge in [0.25, 0.3) is 5.91 Å². The van der Waals surface area contributed by atoms with Crippen molar-refractivity contribution in [3.63, 3.8) is 0 Å². The average Bonchev–Trinajstić information content (AvgIpc) is 2.86. The molecular formula is C18H27N3O2. The summed E-state index contributed by atoms with van der Waals surface area (Å²) in [5.41, 5.74) is 1.66. The molecule has 2 rings (SSSR count). The van der Waals surface area contributed by atoms with E-state index in [1.807, 2.05) is 19.1 Å². The molecule has 0 saturated heterocycles. The maximum absolute atomic E-state index is 12.8. The molecule has 5 nitrogen and oxygen atoms in total. The first kappa shape index (κ1) is 17.5. The van der Waals surface area contributed by atoms with Crippen molar-refractivity contribution in [2.24, 2.45) is 5.10 Å². The molecule has 1 amide bonds. The first-order valence-electron chi connectivity index (χ1n) is 8.21. The molecule has 1 N–H and O–H groups in total. The zero-order valence-corrected chi connectivity index (χ0v) is 14.7. The van der Waals surface area contributed by atoms with Crippen LogP contribution >= 0.6 is 0 Å². The van der Waals surface area contributed by atoms with Gasteiger partial charge in [0, 0.05) is 29.8 Å². The minimum atomic E-state index is -0.218. The minimum Gasteiger partial charge on any atom is -0.508 e. The maximum Gasteiger partial charge on any atom is 0.257 e. The van der Waals surface area contributed by atoms with Gasteiger partial charge >= 0.3 is 0 Å². The second kappa shape index (κ2) is 7.13. The van der Waals surface area contributed by atoms with Crippen molar-refractivity contribution in [2.75, 3.05) is 6.54 Å². The van der Waals surface area contributed by atoms with E-state index >= 15 is 0 Å². The van der Waals surface area contributed by atoms with Gasteiger partial charge in [0.15, 0.2) is 0 Å². The van der Waals surface area contributed by atoms with Crippen LogP contribution in [-0.2, 0) is 4.79 Å². The number of carbonyl (C=O) groups excluding carboxylic acids is 1. The zero-order chi connectivity index (χ0) is 17.1. The number of hydrogen-bond donors (Lipinski definition) is 1. The van der Waals surface area contributed by atoms with E-state index in [1.165, 1.54) is 0 Å². The summed E-state index contributed by atoms with van der Waals surface area (Å²) in [6.45, 7) is 10.6. The molecule has 0 bridgehead atoms. The Labute approximate surface area is 138 Å². The number of carbonyl (C=O) groups is 1. The Kier molecular flexibility index (Phi) is 5.42. The van der Waals surface area contributed by atoms with E-state index in [0.29, 0.717) is 13.0 Å². The van der Waals surface area contributed by atoms with Gasteiger partial charge in [-0.05, 0) is 40.7 Å². The Morgan fingerprint density at radius 3 is 2.48 bits per heavy atom. The molecule has 1 atom stereocenters. The van der Waals surface area contributed by atoms with Crippen LogP contribution < -0.4 is 0 Å². The van der Waals surface area contributed by atoms with E-state index in [-0.39, 0.29) is 29.8 Å². The van der Waals surface area contributed by atoms with Crippen molar-refractivity contribution in [1.29, 1.82) is 0 Å². The van der Waals surface area contributed by atoms with E-state index in [1.54, 1.807) is 17.1 Å². The first-order valence-corrected chi connectivity index (χ1v) is 8.21. The number of phenolic OH excluding ortho intramolecular Hbond substituents is 1. The molecule has 1 aliphatic rings. The lowest BCUT2D eigenvalue weighted by atomic mass is 10.0. The molecule has 1 unspecified atom stereocenters. The quantitative estimate of drug-likeness (QED) is 0.907. The fourth-order valence-electron chi connectivity index (χ4n) is 3.09. The van der Waals surface area contributed by atoms with Gasteiger partial charge < -0.3 is 5.11 Å². The van der Waals surface area contributed by atoms with Gasteiger partial charge in [-0.3, -0.25) is 9.69 Å². The SMILES string of the molecule is CC1=NN(C(=O)CN(C(C)C)C(C)C)C(c2ccccc2O)C1. The number of aromatic hydroxyl groups is 1. The van der Waals surface area contributed by atoms with Crippen molar-refractivity contribution in [3.05, 3.63) is 29.8 Å². The Balaban J connectivity index is 2.22. The molecule has 0 aliphatic carbocycles. The molecule has 1 aromatic carbocycles. The van der Waals surface area contributed by atoms with Gasteiger partial charge in [0.05, 0.1) is 12.6 Å². The second-order valence-electron chi connectivity index (χ2n) is 6.71. The molecule has 5 heteroatoms. The lowest BCUT2D eigenvalue weighted by Crippen LogP contribution is -2.44. The van der Waals surface area contributed by atoms with Gasteiger partial charge in [-0.1, -0.05) is 18.2 Å². The van der Waals surface area contributed by atoms with Gasteiger partial charge in [-0.15, -0.1) is 0 Å². The Morgan fingerprint density at radius 1 is 1.30 bits per heavy atom. The summed E-state index contributed by atoms with van der Waals surface area (Å²) < 4.78 is 0. The van der Waals surface area contributed by atoms with Crippen LogP contribution in [0, 0.1) is 0 Å². The van der Waals surface area contributed by atoms with E-state index in [4.69, 9.17) is 0 Å². The van der Waals surface area contributed by atoms with Crippen LogP contribution in [0.1, 0.15) is 52.6 Å². The number of hydrogen-bond acceptors (Lipinski definition) is 4. The van der Waals surface area contributed by atoms with Crippen molar-refractivity contribution < 1.29 is 9.90 Å². The Morgan fingerprint density at radius 2 is 1.91 bits per heavy atom. The number of nitrogens with zero attached hydrogens (tertiary/aromatic N) is 3. The van der Waals surface area contributed by atoms with Crippen LogP contribution in [0.2, 0.25) is 0 Å². The lowest BCUT2D eigenvalue weighted by molar-refractivity contribution is -0.135. The number of rotatable bonds is 5. The maximum atomic E-state index is 12.8. The molecule has 0 fully saturated rings. The molecule has 0 spiro atoms. The molecule has 1 heterocycles. The van der Waals surface area contributed by atoms with Crippen LogP contribution in [-0.4, -0.2) is 45.3 Å². The van der Waals surface area contributed by atoms with Crippen molar-refractivity contribution in [1.82, 2.24) is 9.91 Å². The van der Waals surface area contributed by atoms with Crippen LogP contribution in [0.15, 0.2) is 29.4 Å². The predicted molar refractivity (Wildman–Crippen MR) is 92.4 cm³/mol. The third-order valence-corrected chi connectivity index (χ3v) is 4.26. The summed E-state index contributed by atoms with van der Waals surface area (Å²) in [6, 6.07) is 7.53. The Bertz CT molecular complexity index is 588. The van der Waals surface area contributed by atoms with E-state index in [0.717, 1.165) is 11.3 Å². The molecule has 1 aliphatic heterocycles. The number of phenols is 1. The monoisotopic (exact) mass is 317 g/mol. The fourth-order valence-corrected chi connectivity index (χ4v) is 3.09. The topological polar surface area (TPSA) is 56.1 Å². The third-order valence-electron chi connectivity index (χ3n) is 4.26. The van der Waals surface area contributed by atoms with Gasteiger partial charge in [0.2, 0.25) is 0 Å². The zero-order valence-electron chi connectivity index (χ0n) is 14.7. The summed E-state index contributed by atoms with van der Waals surface area (Å²) in [5, 5.41) is 16.1. The van der Waals surface area contributed by atoms with E-state index < -0.39 is 0 Å². The molecule has 1 aromatic rings. The standard InChI is InChI=1S/C18H27N3O2/c1-12(2)20(13(3)4)11-18(23)21-16(10-14(5)19-21)15-8-6-7-9-17(15)22/h6-9,12-13,16,22H,10-11H2,1-5H3. The van der Waals surface area contributed by atoms with Crippen molar-refractivity contribution in [3.8, 4) is 5.75 Å². The highest BCUT2D eigenvalue weighted by atomic mass is 16.3. The first-order chi connectivity index (χ1) is 10.8. The summed E-state index contributed by atoms with van der Waals surface area (Å²) in [5.74, 6) is 0.183. The fraction of sp³-hybridized carbons (Fsp3) is 0.556. The van der Waals surface area contributed by atoms with Crippen LogP contribution in [0.5, 0.6) is 5.75 Å². The molecule has 23 heavy (non-hydrogen) atoms. The van der Waals surface area contributed by atoms with Crippen LogP contribution in [0.25, 0.3) is 0 Å². The van der Waals surface area contributed by atoms with Gasteiger partial charge in [-0.2, -0.15) is 5.10 Å². The average molecular weight is 317 g/mol. The summed E-state index contributed by atoms with van der Waals surface area (Å²) in [4.78, 5) is 14.9. The summed E-state index contributed by atoms with van der Waals surface area (Å²) >= 11 is 0. The van der Waals surface area contributed by atoms with Crippen molar-refractivity contribution in [2.45, 2.75) is 59.2 Å². The largest absolute Gasteiger partial charge is 0.508 e. The van der Waals surface area contributed by atoms with Gasteiger partial charge in [0.1, 0.15) is 5.75 Å². The molecule has 0 radical (unpaired) electrons. The van der Waals surface area contributed by atoms with Gasteiger partial charge in [-0.25, -0.2) is 5.01 Å². The highest BCUT2D eigenvalue weighted by Crippen LogP contribution is 2.35. The molecule has 0 aromatic heterocycles. The summed E-state index contributed by atoms with van der Waals surface area (Å²) in [6.07, 6.45) is 0.659. The minimum absolute atomic E-state index is 0.0301. The van der Waals surface area contributed by atoms with Crippen LogP contribution in [0.3, 0.4) is 0 Å². The molecular weight excluding hydrogens is 290 g/mol. The number of hydrazone groups is 1. The third kappa shape index (κ3) is 3.91. The second-order valence-corrected chi connectivity index (χ2v) is 6.71. The normalized spacial score (nSPS) is 18.2. The Hall–Kier alpha value is -1.88. The van der Waals surface area contributed by atoms with E-state index in [2.05, 4.69) is 37.7 Å². The van der Waals surface area contributed by atoms with E-state index in [9.17, 15) is 9.90 Å². The highest BCUT2D eigenvalue weighted by Gasteiger charge is 2.33.